The van der Waals surface area contributed by atoms with Gasteiger partial charge in [-0.15, -0.1) is 0 Å². The van der Waals surface area contributed by atoms with Crippen molar-refractivity contribution in [2.45, 2.75) is 6.10 Å². The van der Waals surface area contributed by atoms with Crippen LogP contribution in [-0.2, 0) is 4.79 Å². The standard InChI is InChI=1S/C15H12O5/c16-14(17)11-6-8-12(9-7-11)20-13(15(18)19)10-4-2-1-3-5-10/h1-9,13H,(H,16,17)(H,18,19). The fourth-order valence-corrected chi connectivity index (χ4v) is 1.70. The minimum atomic E-state index is -1.13. The summed E-state index contributed by atoms with van der Waals surface area (Å²) in [5, 5.41) is 18.0. The number of rotatable bonds is 5. The van der Waals surface area contributed by atoms with Crippen molar-refractivity contribution in [2.75, 3.05) is 0 Å². The Morgan fingerprint density at radius 2 is 1.50 bits per heavy atom. The van der Waals surface area contributed by atoms with Crippen molar-refractivity contribution < 1.29 is 24.5 Å². The van der Waals surface area contributed by atoms with Gasteiger partial charge in [-0.2, -0.15) is 0 Å². The Kier molecular flexibility index (Phi) is 4.00. The lowest BCUT2D eigenvalue weighted by Crippen LogP contribution is -2.18. The second-order valence-corrected chi connectivity index (χ2v) is 4.08. The minimum Gasteiger partial charge on any atom is -0.478 e. The zero-order valence-electron chi connectivity index (χ0n) is 10.4. The Hall–Kier alpha value is -2.82. The van der Waals surface area contributed by atoms with Gasteiger partial charge < -0.3 is 14.9 Å². The molecule has 1 atom stereocenters. The fraction of sp³-hybridized carbons (Fsp3) is 0.0667. The summed E-state index contributed by atoms with van der Waals surface area (Å²) in [6.07, 6.45) is -1.13. The van der Waals surface area contributed by atoms with Gasteiger partial charge in [-0.3, -0.25) is 0 Å². The highest BCUT2D eigenvalue weighted by Crippen LogP contribution is 2.22. The maximum Gasteiger partial charge on any atom is 0.349 e. The summed E-state index contributed by atoms with van der Waals surface area (Å²) in [5.41, 5.74) is 0.631. The van der Waals surface area contributed by atoms with Gasteiger partial charge in [0.1, 0.15) is 5.75 Å². The molecule has 0 aliphatic heterocycles. The van der Waals surface area contributed by atoms with Gasteiger partial charge in [-0.1, -0.05) is 30.3 Å². The molecule has 0 aliphatic carbocycles. The van der Waals surface area contributed by atoms with E-state index in [1.807, 2.05) is 0 Å². The van der Waals surface area contributed by atoms with Crippen molar-refractivity contribution in [3.05, 3.63) is 65.7 Å². The molecule has 0 heterocycles. The molecule has 0 bridgehead atoms. The summed E-state index contributed by atoms with van der Waals surface area (Å²) < 4.78 is 5.40. The molecule has 0 amide bonds. The second-order valence-electron chi connectivity index (χ2n) is 4.08. The van der Waals surface area contributed by atoms with E-state index in [2.05, 4.69) is 0 Å². The first-order chi connectivity index (χ1) is 9.58. The van der Waals surface area contributed by atoms with E-state index in [9.17, 15) is 14.7 Å². The predicted octanol–water partition coefficient (Wildman–Crippen LogP) is 2.59. The van der Waals surface area contributed by atoms with Crippen LogP contribution in [-0.4, -0.2) is 22.2 Å². The van der Waals surface area contributed by atoms with Crippen LogP contribution >= 0.6 is 0 Å². The highest BCUT2D eigenvalue weighted by molar-refractivity contribution is 5.87. The quantitative estimate of drug-likeness (QED) is 0.874. The van der Waals surface area contributed by atoms with E-state index in [1.165, 1.54) is 24.3 Å². The second kappa shape index (κ2) is 5.88. The Balaban J connectivity index is 2.21. The lowest BCUT2D eigenvalue weighted by Gasteiger charge is -2.15. The summed E-state index contributed by atoms with van der Waals surface area (Å²) in [5.74, 6) is -1.86. The van der Waals surface area contributed by atoms with Crippen LogP contribution in [0.4, 0.5) is 0 Å². The average molecular weight is 272 g/mol. The maximum atomic E-state index is 11.3. The molecule has 102 valence electrons. The van der Waals surface area contributed by atoms with Gasteiger partial charge in [0.25, 0.3) is 0 Å². The highest BCUT2D eigenvalue weighted by atomic mass is 16.5. The Labute approximate surface area is 115 Å². The number of hydrogen-bond donors (Lipinski definition) is 2. The molecule has 5 heteroatoms. The van der Waals surface area contributed by atoms with E-state index < -0.39 is 18.0 Å². The molecule has 0 radical (unpaired) electrons. The van der Waals surface area contributed by atoms with Crippen LogP contribution in [0.1, 0.15) is 22.0 Å². The molecule has 5 nitrogen and oxygen atoms in total. The molecule has 2 rings (SSSR count). The molecular weight excluding hydrogens is 260 g/mol. The summed E-state index contributed by atoms with van der Waals surface area (Å²) in [7, 11) is 0. The Morgan fingerprint density at radius 1 is 0.900 bits per heavy atom. The van der Waals surface area contributed by atoms with Gasteiger partial charge in [-0.25, -0.2) is 9.59 Å². The van der Waals surface area contributed by atoms with Crippen LogP contribution in [0.25, 0.3) is 0 Å². The zero-order chi connectivity index (χ0) is 14.5. The molecule has 0 aromatic heterocycles. The van der Waals surface area contributed by atoms with E-state index in [0.29, 0.717) is 11.3 Å². The molecule has 2 aromatic rings. The molecule has 0 saturated carbocycles. The Bertz CT molecular complexity index is 604. The summed E-state index contributed by atoms with van der Waals surface area (Å²) in [6.45, 7) is 0. The summed E-state index contributed by atoms with van der Waals surface area (Å²) in [4.78, 5) is 22.0. The molecule has 0 saturated heterocycles. The summed E-state index contributed by atoms with van der Waals surface area (Å²) >= 11 is 0. The fourth-order valence-electron chi connectivity index (χ4n) is 1.70. The van der Waals surface area contributed by atoms with Crippen molar-refractivity contribution in [1.29, 1.82) is 0 Å². The van der Waals surface area contributed by atoms with Crippen LogP contribution in [0, 0.1) is 0 Å². The summed E-state index contributed by atoms with van der Waals surface area (Å²) in [6, 6.07) is 14.1. The normalized spacial score (nSPS) is 11.6. The lowest BCUT2D eigenvalue weighted by atomic mass is 10.1. The smallest absolute Gasteiger partial charge is 0.349 e. The molecule has 0 spiro atoms. The van der Waals surface area contributed by atoms with E-state index in [0.717, 1.165) is 0 Å². The third-order valence-corrected chi connectivity index (χ3v) is 2.68. The van der Waals surface area contributed by atoms with Crippen LogP contribution in [0.3, 0.4) is 0 Å². The number of aliphatic carboxylic acids is 1. The van der Waals surface area contributed by atoms with E-state index in [4.69, 9.17) is 9.84 Å². The molecule has 0 fully saturated rings. The topological polar surface area (TPSA) is 83.8 Å². The van der Waals surface area contributed by atoms with Gasteiger partial charge in [0.05, 0.1) is 5.56 Å². The first-order valence-corrected chi connectivity index (χ1v) is 5.85. The van der Waals surface area contributed by atoms with Gasteiger partial charge in [0.2, 0.25) is 6.10 Å². The maximum absolute atomic E-state index is 11.3. The number of aromatic carboxylic acids is 1. The van der Waals surface area contributed by atoms with Crippen LogP contribution < -0.4 is 4.74 Å². The van der Waals surface area contributed by atoms with E-state index in [-0.39, 0.29) is 5.56 Å². The number of carboxylic acids is 2. The molecule has 1 unspecified atom stereocenters. The van der Waals surface area contributed by atoms with Crippen molar-refractivity contribution in [3.63, 3.8) is 0 Å². The first-order valence-electron chi connectivity index (χ1n) is 5.85. The first kappa shape index (κ1) is 13.6. The third kappa shape index (κ3) is 3.14. The van der Waals surface area contributed by atoms with Crippen LogP contribution in [0.15, 0.2) is 54.6 Å². The molecule has 2 aromatic carbocycles. The van der Waals surface area contributed by atoms with Gasteiger partial charge in [-0.05, 0) is 24.3 Å². The number of ether oxygens (including phenoxy) is 1. The zero-order valence-corrected chi connectivity index (χ0v) is 10.4. The van der Waals surface area contributed by atoms with Gasteiger partial charge >= 0.3 is 11.9 Å². The molecule has 0 aliphatic rings. The monoisotopic (exact) mass is 272 g/mol. The number of hydrogen-bond acceptors (Lipinski definition) is 3. The number of carbonyl (C=O) groups is 2. The van der Waals surface area contributed by atoms with E-state index in [1.54, 1.807) is 30.3 Å². The van der Waals surface area contributed by atoms with Crippen molar-refractivity contribution in [3.8, 4) is 5.75 Å². The Morgan fingerprint density at radius 3 is 2.00 bits per heavy atom. The average Bonchev–Trinajstić information content (AvgIpc) is 2.46. The SMILES string of the molecule is O=C(O)c1ccc(OC(C(=O)O)c2ccccc2)cc1. The third-order valence-electron chi connectivity index (χ3n) is 2.68. The van der Waals surface area contributed by atoms with E-state index >= 15 is 0 Å². The van der Waals surface area contributed by atoms with Crippen molar-refractivity contribution in [1.82, 2.24) is 0 Å². The number of carboxylic acid groups (broad SMARTS) is 2. The number of benzene rings is 2. The van der Waals surface area contributed by atoms with Crippen LogP contribution in [0.2, 0.25) is 0 Å². The highest BCUT2D eigenvalue weighted by Gasteiger charge is 2.21. The molecule has 20 heavy (non-hydrogen) atoms. The largest absolute Gasteiger partial charge is 0.478 e. The molecular formula is C15H12O5. The molecule has 2 N–H and O–H groups in total. The van der Waals surface area contributed by atoms with Gasteiger partial charge in [0.15, 0.2) is 0 Å². The van der Waals surface area contributed by atoms with Gasteiger partial charge in [0, 0.05) is 5.56 Å². The van der Waals surface area contributed by atoms with Crippen LogP contribution in [0.5, 0.6) is 5.75 Å². The predicted molar refractivity (Wildman–Crippen MR) is 70.8 cm³/mol. The van der Waals surface area contributed by atoms with Crippen molar-refractivity contribution >= 4 is 11.9 Å². The van der Waals surface area contributed by atoms with Crippen molar-refractivity contribution in [2.24, 2.45) is 0 Å². The minimum absolute atomic E-state index is 0.115. The lowest BCUT2D eigenvalue weighted by molar-refractivity contribution is -0.145.